The summed E-state index contributed by atoms with van der Waals surface area (Å²) in [4.78, 5) is 11.8. The highest BCUT2D eigenvalue weighted by molar-refractivity contribution is 7.89. The lowest BCUT2D eigenvalue weighted by Gasteiger charge is -2.47. The molecular formula is C28H35Cl2FN8O2S. The Morgan fingerprint density at radius 1 is 1.02 bits per heavy atom. The van der Waals surface area contributed by atoms with E-state index in [4.69, 9.17) is 23.2 Å². The first kappa shape index (κ1) is 29.6. The van der Waals surface area contributed by atoms with Gasteiger partial charge in [0.1, 0.15) is 11.6 Å². The Bertz CT molecular complexity index is 1490. The number of likely N-dealkylation sites (tertiary alicyclic amines) is 1. The zero-order valence-corrected chi connectivity index (χ0v) is 25.8. The second kappa shape index (κ2) is 12.2. The van der Waals surface area contributed by atoms with Crippen molar-refractivity contribution in [3.8, 4) is 0 Å². The van der Waals surface area contributed by atoms with Crippen molar-refractivity contribution in [2.45, 2.75) is 63.7 Å². The van der Waals surface area contributed by atoms with Gasteiger partial charge in [0.2, 0.25) is 0 Å². The Kier molecular flexibility index (Phi) is 8.61. The number of pyridine rings is 1. The summed E-state index contributed by atoms with van der Waals surface area (Å²) in [5, 5.41) is 7.03. The van der Waals surface area contributed by atoms with Crippen LogP contribution in [0.15, 0.2) is 39.3 Å². The summed E-state index contributed by atoms with van der Waals surface area (Å²) in [6.07, 6.45) is 6.71. The van der Waals surface area contributed by atoms with Crippen molar-refractivity contribution in [1.82, 2.24) is 20.1 Å². The van der Waals surface area contributed by atoms with E-state index in [1.54, 1.807) is 24.4 Å². The molecule has 1 saturated carbocycles. The van der Waals surface area contributed by atoms with Gasteiger partial charge in [-0.1, -0.05) is 36.2 Å². The minimum atomic E-state index is -3.90. The van der Waals surface area contributed by atoms with E-state index < -0.39 is 10.2 Å². The predicted octanol–water partition coefficient (Wildman–Crippen LogP) is 4.31. The molecule has 1 aromatic heterocycles. The molecule has 42 heavy (non-hydrogen) atoms. The number of piperidine rings is 1. The number of nitrogens with zero attached hydrogens (tertiary/aromatic N) is 6. The standard InChI is InChI=1S/C28H35Cl2FN8O2S/c1-2-22-17-38(11-12-39(22)23-7-9-37(10-8-23)16-18-3-4-19(29)13-25(18)31)28-24(30)14-21(15-32-28)34-27-26(33-20-5-6-20)35-42(40,41)36-27/h3-4,13-15,20,22-23H,2,5-12,16-17H2,1H3,(H,33,35)(H,34,36). The molecule has 3 fully saturated rings. The molecule has 2 aromatic rings. The number of benzene rings is 1. The Hall–Kier alpha value is -2.51. The molecule has 6 rings (SSSR count). The minimum absolute atomic E-state index is 0.150. The molecule has 0 bridgehead atoms. The maximum Gasteiger partial charge on any atom is 0.367 e. The zero-order valence-electron chi connectivity index (χ0n) is 23.4. The molecule has 2 N–H and O–H groups in total. The summed E-state index contributed by atoms with van der Waals surface area (Å²) in [5.74, 6) is 0.845. The topological polar surface area (TPSA) is 106 Å². The number of anilines is 2. The average molecular weight is 638 g/mol. The van der Waals surface area contributed by atoms with Gasteiger partial charge in [0.15, 0.2) is 11.7 Å². The van der Waals surface area contributed by atoms with Crippen molar-refractivity contribution in [2.75, 3.05) is 42.9 Å². The first-order valence-electron chi connectivity index (χ1n) is 14.5. The van der Waals surface area contributed by atoms with Gasteiger partial charge in [-0.2, -0.15) is 8.42 Å². The molecule has 1 aliphatic carbocycles. The monoisotopic (exact) mass is 636 g/mol. The van der Waals surface area contributed by atoms with Crippen molar-refractivity contribution in [3.05, 3.63) is 51.9 Å². The van der Waals surface area contributed by atoms with Gasteiger partial charge in [-0.05, 0) is 63.4 Å². The summed E-state index contributed by atoms with van der Waals surface area (Å²) < 4.78 is 45.6. The Morgan fingerprint density at radius 3 is 2.48 bits per heavy atom. The Morgan fingerprint density at radius 2 is 1.79 bits per heavy atom. The van der Waals surface area contributed by atoms with Gasteiger partial charge in [0.05, 0.1) is 16.9 Å². The highest BCUT2D eigenvalue weighted by Crippen LogP contribution is 2.31. The Balaban J connectivity index is 1.05. The number of hydrogen-bond acceptors (Lipinski definition) is 8. The van der Waals surface area contributed by atoms with Gasteiger partial charge < -0.3 is 15.5 Å². The molecule has 2 saturated heterocycles. The highest BCUT2D eigenvalue weighted by Gasteiger charge is 2.34. The van der Waals surface area contributed by atoms with E-state index in [1.165, 1.54) is 6.07 Å². The fourth-order valence-corrected chi connectivity index (χ4v) is 7.23. The van der Waals surface area contributed by atoms with E-state index >= 15 is 0 Å². The van der Waals surface area contributed by atoms with E-state index in [0.29, 0.717) is 45.7 Å². The molecule has 0 radical (unpaired) electrons. The summed E-state index contributed by atoms with van der Waals surface area (Å²) >= 11 is 12.6. The lowest BCUT2D eigenvalue weighted by molar-refractivity contribution is 0.0607. The molecule has 10 nitrogen and oxygen atoms in total. The summed E-state index contributed by atoms with van der Waals surface area (Å²) in [5.41, 5.74) is 1.23. The third kappa shape index (κ3) is 6.83. The second-order valence-corrected chi connectivity index (χ2v) is 13.5. The number of hydrogen-bond donors (Lipinski definition) is 2. The van der Waals surface area contributed by atoms with Crippen LogP contribution in [-0.4, -0.2) is 85.7 Å². The number of amidine groups is 2. The molecule has 1 aromatic carbocycles. The van der Waals surface area contributed by atoms with E-state index in [-0.39, 0.29) is 23.5 Å². The number of piperazine rings is 1. The fraction of sp³-hybridized carbons (Fsp3) is 0.536. The summed E-state index contributed by atoms with van der Waals surface area (Å²) in [6, 6.07) is 7.74. The molecule has 1 unspecified atom stereocenters. The molecule has 4 heterocycles. The van der Waals surface area contributed by atoms with Crippen LogP contribution in [-0.2, 0) is 16.8 Å². The van der Waals surface area contributed by atoms with Gasteiger partial charge in [0.25, 0.3) is 0 Å². The van der Waals surface area contributed by atoms with Crippen LogP contribution >= 0.6 is 23.2 Å². The van der Waals surface area contributed by atoms with Crippen LogP contribution in [0.2, 0.25) is 10.0 Å². The van der Waals surface area contributed by atoms with Crippen molar-refractivity contribution < 1.29 is 12.8 Å². The van der Waals surface area contributed by atoms with Gasteiger partial charge >= 0.3 is 10.2 Å². The van der Waals surface area contributed by atoms with Gasteiger partial charge in [-0.25, -0.2) is 9.37 Å². The number of halogens is 3. The van der Waals surface area contributed by atoms with Crippen LogP contribution in [0.3, 0.4) is 0 Å². The zero-order chi connectivity index (χ0) is 29.4. The van der Waals surface area contributed by atoms with Crippen molar-refractivity contribution in [3.63, 3.8) is 0 Å². The van der Waals surface area contributed by atoms with Gasteiger partial charge in [-0.15, -0.1) is 8.80 Å². The molecule has 0 spiro atoms. The van der Waals surface area contributed by atoms with E-state index in [9.17, 15) is 12.8 Å². The Labute approximate surface area is 256 Å². The molecule has 226 valence electrons. The average Bonchev–Trinajstić information content (AvgIpc) is 3.73. The van der Waals surface area contributed by atoms with Crippen LogP contribution in [0, 0.1) is 5.82 Å². The molecule has 1 atom stereocenters. The lowest BCUT2D eigenvalue weighted by atomic mass is 9.97. The molecule has 14 heteroatoms. The van der Waals surface area contributed by atoms with Crippen molar-refractivity contribution in [2.24, 2.45) is 8.80 Å². The van der Waals surface area contributed by atoms with Crippen LogP contribution in [0.5, 0.6) is 0 Å². The number of nitrogens with one attached hydrogen (secondary N) is 2. The summed E-state index contributed by atoms with van der Waals surface area (Å²) in [6.45, 7) is 7.21. The van der Waals surface area contributed by atoms with Crippen molar-refractivity contribution in [1.29, 1.82) is 0 Å². The molecular weight excluding hydrogens is 602 g/mol. The third-order valence-corrected chi connectivity index (χ3v) is 9.71. The molecule has 3 aliphatic heterocycles. The van der Waals surface area contributed by atoms with E-state index in [0.717, 1.165) is 64.8 Å². The highest BCUT2D eigenvalue weighted by atomic mass is 35.5. The first-order chi connectivity index (χ1) is 20.2. The first-order valence-corrected chi connectivity index (χ1v) is 16.6. The maximum absolute atomic E-state index is 14.3. The van der Waals surface area contributed by atoms with Crippen LogP contribution in [0.4, 0.5) is 15.9 Å². The quantitative estimate of drug-likeness (QED) is 0.463. The normalized spacial score (nSPS) is 23.5. The van der Waals surface area contributed by atoms with Crippen LogP contribution in [0.25, 0.3) is 0 Å². The van der Waals surface area contributed by atoms with Crippen LogP contribution < -0.4 is 15.5 Å². The van der Waals surface area contributed by atoms with Crippen molar-refractivity contribution >= 4 is 56.6 Å². The summed E-state index contributed by atoms with van der Waals surface area (Å²) in [7, 11) is -3.90. The van der Waals surface area contributed by atoms with Crippen LogP contribution in [0.1, 0.15) is 44.6 Å². The van der Waals surface area contributed by atoms with E-state index in [2.05, 4.69) is 46.0 Å². The molecule has 0 amide bonds. The lowest BCUT2D eigenvalue weighted by Crippen LogP contribution is -2.58. The fourth-order valence-electron chi connectivity index (χ4n) is 6.01. The van der Waals surface area contributed by atoms with E-state index in [1.807, 2.05) is 0 Å². The molecule has 4 aliphatic rings. The smallest absolute Gasteiger partial charge is 0.364 e. The predicted molar refractivity (Wildman–Crippen MR) is 166 cm³/mol. The SMILES string of the molecule is CCC1CN(c2ncc(NC3=NS(=O)(=O)N=C3NC3CC3)cc2Cl)CCN1C1CCN(Cc2ccc(Cl)cc2F)CC1. The number of aromatic nitrogens is 1. The minimum Gasteiger partial charge on any atom is -0.364 e. The van der Waals surface area contributed by atoms with Gasteiger partial charge in [0, 0.05) is 54.9 Å². The third-order valence-electron chi connectivity index (χ3n) is 8.37. The largest absolute Gasteiger partial charge is 0.367 e. The number of rotatable bonds is 7. The maximum atomic E-state index is 14.3. The second-order valence-electron chi connectivity index (χ2n) is 11.4. The van der Waals surface area contributed by atoms with Gasteiger partial charge in [-0.3, -0.25) is 9.80 Å².